The second-order valence-corrected chi connectivity index (χ2v) is 5.31. The molecule has 2 heterocycles. The topological polar surface area (TPSA) is 95.1 Å². The Labute approximate surface area is 144 Å². The summed E-state index contributed by atoms with van der Waals surface area (Å²) in [5, 5.41) is 10.7. The van der Waals surface area contributed by atoms with Crippen molar-refractivity contribution >= 4 is 11.6 Å². The Balaban J connectivity index is 1.56. The van der Waals surface area contributed by atoms with Crippen LogP contribution in [-0.4, -0.2) is 25.8 Å². The largest absolute Gasteiger partial charge is 0.485 e. The highest BCUT2D eigenvalue weighted by atomic mass is 16.5. The monoisotopic (exact) mass is 341 g/mol. The van der Waals surface area contributed by atoms with E-state index in [1.54, 1.807) is 41.3 Å². The third-order valence-electron chi connectivity index (χ3n) is 3.51. The zero-order valence-corrected chi connectivity index (χ0v) is 14.1. The van der Waals surface area contributed by atoms with Crippen molar-refractivity contribution in [2.24, 2.45) is 0 Å². The van der Waals surface area contributed by atoms with Gasteiger partial charge in [0, 0.05) is 24.7 Å². The van der Waals surface area contributed by atoms with Gasteiger partial charge in [0.1, 0.15) is 5.75 Å². The van der Waals surface area contributed by atoms with Crippen LogP contribution in [0.1, 0.15) is 35.9 Å². The van der Waals surface area contributed by atoms with Crippen LogP contribution in [0.25, 0.3) is 0 Å². The van der Waals surface area contributed by atoms with Gasteiger partial charge in [-0.2, -0.15) is 10.1 Å². The lowest BCUT2D eigenvalue weighted by Gasteiger charge is -2.05. The van der Waals surface area contributed by atoms with Gasteiger partial charge in [0.2, 0.25) is 11.7 Å². The third-order valence-corrected chi connectivity index (χ3v) is 3.51. The van der Waals surface area contributed by atoms with E-state index in [-0.39, 0.29) is 12.5 Å². The molecule has 0 spiro atoms. The summed E-state index contributed by atoms with van der Waals surface area (Å²) >= 11 is 0. The number of amides is 1. The molecule has 130 valence electrons. The van der Waals surface area contributed by atoms with Crippen molar-refractivity contribution < 1.29 is 14.1 Å². The number of ether oxygens (including phenoxy) is 1. The molecule has 0 saturated carbocycles. The molecule has 1 aromatic carbocycles. The van der Waals surface area contributed by atoms with Crippen molar-refractivity contribution in [1.82, 2.24) is 19.9 Å². The zero-order valence-electron chi connectivity index (χ0n) is 14.1. The molecule has 0 radical (unpaired) electrons. The van der Waals surface area contributed by atoms with Gasteiger partial charge in [-0.15, -0.1) is 0 Å². The number of hydrogen-bond acceptors (Lipinski definition) is 6. The van der Waals surface area contributed by atoms with E-state index in [1.807, 2.05) is 13.8 Å². The van der Waals surface area contributed by atoms with Crippen molar-refractivity contribution in [1.29, 1.82) is 0 Å². The number of rotatable bonds is 7. The van der Waals surface area contributed by atoms with Crippen LogP contribution in [-0.2, 0) is 19.6 Å². The summed E-state index contributed by atoms with van der Waals surface area (Å²) < 4.78 is 12.4. The van der Waals surface area contributed by atoms with E-state index >= 15 is 0 Å². The second-order valence-electron chi connectivity index (χ2n) is 5.31. The predicted octanol–water partition coefficient (Wildman–Crippen LogP) is 2.68. The fourth-order valence-electron chi connectivity index (χ4n) is 2.15. The first-order valence-electron chi connectivity index (χ1n) is 8.06. The lowest BCUT2D eigenvalue weighted by molar-refractivity contribution is 0.102. The van der Waals surface area contributed by atoms with Crippen LogP contribution in [0.15, 0.2) is 41.2 Å². The zero-order chi connectivity index (χ0) is 17.6. The summed E-state index contributed by atoms with van der Waals surface area (Å²) in [6.07, 6.45) is 4.09. The number of carbonyl (C=O) groups excluding carboxylic acids is 1. The third kappa shape index (κ3) is 4.23. The Morgan fingerprint density at radius 2 is 2.08 bits per heavy atom. The normalized spacial score (nSPS) is 10.6. The molecular weight excluding hydrogens is 322 g/mol. The van der Waals surface area contributed by atoms with Crippen molar-refractivity contribution in [2.75, 3.05) is 5.32 Å². The summed E-state index contributed by atoms with van der Waals surface area (Å²) in [5.74, 6) is 1.50. The van der Waals surface area contributed by atoms with E-state index < -0.39 is 0 Å². The average molecular weight is 341 g/mol. The molecule has 0 aliphatic heterocycles. The summed E-state index contributed by atoms with van der Waals surface area (Å²) in [5.41, 5.74) is 1.19. The Hall–Kier alpha value is -3.16. The van der Waals surface area contributed by atoms with E-state index in [9.17, 15) is 4.79 Å². The maximum atomic E-state index is 12.2. The fourth-order valence-corrected chi connectivity index (χ4v) is 2.15. The molecule has 0 saturated heterocycles. The van der Waals surface area contributed by atoms with Crippen LogP contribution in [0.3, 0.4) is 0 Å². The Morgan fingerprint density at radius 1 is 1.28 bits per heavy atom. The molecule has 0 fully saturated rings. The second kappa shape index (κ2) is 7.61. The van der Waals surface area contributed by atoms with Gasteiger partial charge in [0.15, 0.2) is 6.61 Å². The Kier molecular flexibility index (Phi) is 5.08. The smallest absolute Gasteiger partial charge is 0.255 e. The van der Waals surface area contributed by atoms with E-state index in [1.165, 1.54) is 0 Å². The Morgan fingerprint density at radius 3 is 2.72 bits per heavy atom. The number of nitrogens with one attached hydrogen (secondary N) is 1. The summed E-state index contributed by atoms with van der Waals surface area (Å²) in [6, 6.07) is 6.85. The molecule has 8 heteroatoms. The molecule has 8 nitrogen and oxygen atoms in total. The van der Waals surface area contributed by atoms with Crippen LogP contribution >= 0.6 is 0 Å². The van der Waals surface area contributed by atoms with Gasteiger partial charge in [-0.25, -0.2) is 0 Å². The van der Waals surface area contributed by atoms with Crippen LogP contribution in [0, 0.1) is 0 Å². The highest BCUT2D eigenvalue weighted by Gasteiger charge is 2.09. The van der Waals surface area contributed by atoms with Crippen molar-refractivity contribution in [3.8, 4) is 5.75 Å². The fraction of sp³-hybridized carbons (Fsp3) is 0.294. The molecule has 25 heavy (non-hydrogen) atoms. The minimum Gasteiger partial charge on any atom is -0.485 e. The van der Waals surface area contributed by atoms with Crippen LogP contribution in [0.2, 0.25) is 0 Å². The SMILES string of the molecule is CCc1nc(COc2ccc(C(=O)Nc3cnn(CC)c3)cc2)no1. The molecular formula is C17H19N5O3. The molecule has 0 atom stereocenters. The molecule has 0 aliphatic carbocycles. The maximum absolute atomic E-state index is 12.2. The van der Waals surface area contributed by atoms with Gasteiger partial charge < -0.3 is 14.6 Å². The number of benzene rings is 1. The standard InChI is InChI=1S/C17H19N5O3/c1-3-16-20-15(21-25-16)11-24-14-7-5-12(6-8-14)17(23)19-13-9-18-22(4-2)10-13/h5-10H,3-4,11H2,1-2H3,(H,19,23). The first kappa shape index (κ1) is 16.7. The number of carbonyl (C=O) groups is 1. The van der Waals surface area contributed by atoms with Gasteiger partial charge in [-0.1, -0.05) is 12.1 Å². The number of aromatic nitrogens is 4. The predicted molar refractivity (Wildman–Crippen MR) is 90.3 cm³/mol. The van der Waals surface area contributed by atoms with Crippen molar-refractivity contribution in [3.05, 3.63) is 53.9 Å². The van der Waals surface area contributed by atoms with E-state index in [2.05, 4.69) is 20.6 Å². The molecule has 3 aromatic rings. The number of hydrogen-bond donors (Lipinski definition) is 1. The minimum absolute atomic E-state index is 0.201. The molecule has 0 aliphatic rings. The first-order chi connectivity index (χ1) is 12.2. The molecule has 0 bridgehead atoms. The van der Waals surface area contributed by atoms with Gasteiger partial charge in [-0.05, 0) is 31.2 Å². The molecule has 2 aromatic heterocycles. The van der Waals surface area contributed by atoms with Gasteiger partial charge >= 0.3 is 0 Å². The molecule has 1 amide bonds. The summed E-state index contributed by atoms with van der Waals surface area (Å²) in [7, 11) is 0. The van der Waals surface area contributed by atoms with E-state index in [4.69, 9.17) is 9.26 Å². The van der Waals surface area contributed by atoms with Gasteiger partial charge in [-0.3, -0.25) is 9.48 Å². The lowest BCUT2D eigenvalue weighted by Crippen LogP contribution is -2.11. The van der Waals surface area contributed by atoms with Crippen LogP contribution < -0.4 is 10.1 Å². The van der Waals surface area contributed by atoms with Crippen LogP contribution in [0.4, 0.5) is 5.69 Å². The number of nitrogens with zero attached hydrogens (tertiary/aromatic N) is 4. The van der Waals surface area contributed by atoms with Gasteiger partial charge in [0.05, 0.1) is 11.9 Å². The first-order valence-corrected chi connectivity index (χ1v) is 8.06. The Bertz CT molecular complexity index is 838. The van der Waals surface area contributed by atoms with Crippen LogP contribution in [0.5, 0.6) is 5.75 Å². The summed E-state index contributed by atoms with van der Waals surface area (Å²) in [4.78, 5) is 16.4. The number of anilines is 1. The van der Waals surface area contributed by atoms with Gasteiger partial charge in [0.25, 0.3) is 5.91 Å². The summed E-state index contributed by atoms with van der Waals surface area (Å²) in [6.45, 7) is 4.89. The van der Waals surface area contributed by atoms with Crippen molar-refractivity contribution in [2.45, 2.75) is 33.4 Å². The molecule has 0 unspecified atom stereocenters. The van der Waals surface area contributed by atoms with E-state index in [0.29, 0.717) is 35.1 Å². The molecule has 3 rings (SSSR count). The number of aryl methyl sites for hydroxylation is 2. The maximum Gasteiger partial charge on any atom is 0.255 e. The van der Waals surface area contributed by atoms with Crippen molar-refractivity contribution in [3.63, 3.8) is 0 Å². The minimum atomic E-state index is -0.201. The highest BCUT2D eigenvalue weighted by molar-refractivity contribution is 6.04. The van der Waals surface area contributed by atoms with E-state index in [0.717, 1.165) is 6.54 Å². The lowest BCUT2D eigenvalue weighted by atomic mass is 10.2. The quantitative estimate of drug-likeness (QED) is 0.710. The average Bonchev–Trinajstić information content (AvgIpc) is 3.29. The molecule has 1 N–H and O–H groups in total. The highest BCUT2D eigenvalue weighted by Crippen LogP contribution is 2.15.